The van der Waals surface area contributed by atoms with E-state index in [4.69, 9.17) is 0 Å². The summed E-state index contributed by atoms with van der Waals surface area (Å²) in [5, 5.41) is 9.90. The van der Waals surface area contributed by atoms with E-state index in [1.54, 1.807) is 0 Å². The number of hydrogen-bond acceptors (Lipinski definition) is 1. The maximum atomic E-state index is 9.90. The van der Waals surface area contributed by atoms with E-state index in [0.717, 1.165) is 19.3 Å². The highest BCUT2D eigenvalue weighted by Crippen LogP contribution is 2.40. The van der Waals surface area contributed by atoms with Crippen LogP contribution in [0.4, 0.5) is 0 Å². The molecule has 1 nitrogen and oxygen atoms in total. The summed E-state index contributed by atoms with van der Waals surface area (Å²) in [6.45, 7) is 2.17. The lowest BCUT2D eigenvalue weighted by Crippen LogP contribution is -2.30. The molecule has 0 aromatic heterocycles. The van der Waals surface area contributed by atoms with Crippen molar-refractivity contribution in [1.82, 2.24) is 0 Å². The zero-order chi connectivity index (χ0) is 9.31. The van der Waals surface area contributed by atoms with Crippen LogP contribution in [0.15, 0.2) is 30.3 Å². The second-order valence-corrected chi connectivity index (χ2v) is 4.19. The molecule has 1 aromatic rings. The summed E-state index contributed by atoms with van der Waals surface area (Å²) in [7, 11) is 0. The predicted molar refractivity (Wildman–Crippen MR) is 53.7 cm³/mol. The highest BCUT2D eigenvalue weighted by atomic mass is 16.3. The fourth-order valence-electron chi connectivity index (χ4n) is 2.30. The summed E-state index contributed by atoms with van der Waals surface area (Å²) < 4.78 is 0. The van der Waals surface area contributed by atoms with Crippen molar-refractivity contribution in [3.63, 3.8) is 0 Å². The number of aliphatic hydroxyl groups is 1. The third kappa shape index (κ3) is 1.37. The van der Waals surface area contributed by atoms with Crippen LogP contribution >= 0.6 is 0 Å². The van der Waals surface area contributed by atoms with Crippen LogP contribution in [0.5, 0.6) is 0 Å². The molecule has 0 heterocycles. The van der Waals surface area contributed by atoms with Crippen LogP contribution in [-0.4, -0.2) is 11.2 Å². The van der Waals surface area contributed by atoms with E-state index in [1.165, 1.54) is 5.56 Å². The zero-order valence-electron chi connectivity index (χ0n) is 8.03. The summed E-state index contributed by atoms with van der Waals surface area (Å²) in [5.41, 5.74) is 1.28. The molecule has 1 saturated carbocycles. The molecule has 0 amide bonds. The molecular formula is C12H16O. The van der Waals surface area contributed by atoms with Gasteiger partial charge in [-0.2, -0.15) is 0 Å². The van der Waals surface area contributed by atoms with Gasteiger partial charge in [-0.1, -0.05) is 37.3 Å². The average Bonchev–Trinajstić information content (AvgIpc) is 2.50. The van der Waals surface area contributed by atoms with Gasteiger partial charge in [0.2, 0.25) is 0 Å². The third-order valence-electron chi connectivity index (χ3n) is 3.34. The van der Waals surface area contributed by atoms with Crippen molar-refractivity contribution in [1.29, 1.82) is 0 Å². The van der Waals surface area contributed by atoms with E-state index >= 15 is 0 Å². The molecule has 0 spiro atoms. The van der Waals surface area contributed by atoms with Gasteiger partial charge in [-0.15, -0.1) is 0 Å². The fourth-order valence-corrected chi connectivity index (χ4v) is 2.30. The van der Waals surface area contributed by atoms with Crippen LogP contribution in [0.1, 0.15) is 31.7 Å². The lowest BCUT2D eigenvalue weighted by atomic mass is 9.79. The van der Waals surface area contributed by atoms with Crippen LogP contribution in [-0.2, 0) is 5.41 Å². The SMILES string of the molecule is CC1(c2ccccc2)CCCC1O. The molecule has 0 bridgehead atoms. The zero-order valence-corrected chi connectivity index (χ0v) is 8.03. The van der Waals surface area contributed by atoms with Gasteiger partial charge in [0.05, 0.1) is 6.10 Å². The molecule has 1 heteroatoms. The van der Waals surface area contributed by atoms with E-state index in [1.807, 2.05) is 18.2 Å². The fraction of sp³-hybridized carbons (Fsp3) is 0.500. The summed E-state index contributed by atoms with van der Waals surface area (Å²) in [6.07, 6.45) is 3.05. The minimum atomic E-state index is -0.158. The van der Waals surface area contributed by atoms with E-state index in [2.05, 4.69) is 19.1 Å². The Morgan fingerprint density at radius 3 is 2.54 bits per heavy atom. The van der Waals surface area contributed by atoms with Crippen molar-refractivity contribution in [2.24, 2.45) is 0 Å². The van der Waals surface area contributed by atoms with E-state index in [9.17, 15) is 5.11 Å². The largest absolute Gasteiger partial charge is 0.392 e. The first-order chi connectivity index (χ1) is 6.23. The van der Waals surface area contributed by atoms with Crippen LogP contribution in [0.2, 0.25) is 0 Å². The Balaban J connectivity index is 2.34. The van der Waals surface area contributed by atoms with Gasteiger partial charge in [0.1, 0.15) is 0 Å². The topological polar surface area (TPSA) is 20.2 Å². The molecule has 1 aromatic carbocycles. The molecule has 1 N–H and O–H groups in total. The van der Waals surface area contributed by atoms with Crippen LogP contribution < -0.4 is 0 Å². The normalized spacial score (nSPS) is 33.5. The van der Waals surface area contributed by atoms with Crippen LogP contribution in [0.25, 0.3) is 0 Å². The predicted octanol–water partition coefficient (Wildman–Crippen LogP) is 2.49. The monoisotopic (exact) mass is 176 g/mol. The number of hydrogen-bond donors (Lipinski definition) is 1. The van der Waals surface area contributed by atoms with Crippen molar-refractivity contribution < 1.29 is 5.11 Å². The summed E-state index contributed by atoms with van der Waals surface area (Å²) in [6, 6.07) is 10.4. The molecule has 1 aliphatic rings. The van der Waals surface area contributed by atoms with Gasteiger partial charge in [0, 0.05) is 5.41 Å². The van der Waals surface area contributed by atoms with Gasteiger partial charge >= 0.3 is 0 Å². The Bertz CT molecular complexity index is 280. The summed E-state index contributed by atoms with van der Waals surface area (Å²) in [4.78, 5) is 0. The average molecular weight is 176 g/mol. The van der Waals surface area contributed by atoms with E-state index in [0.29, 0.717) is 0 Å². The van der Waals surface area contributed by atoms with Crippen molar-refractivity contribution in [3.8, 4) is 0 Å². The standard InChI is InChI=1S/C12H16O/c1-12(9-5-8-11(12)13)10-6-3-2-4-7-10/h2-4,6-7,11,13H,5,8-9H2,1H3. The molecule has 70 valence electrons. The maximum absolute atomic E-state index is 9.90. The first-order valence-electron chi connectivity index (χ1n) is 4.97. The molecule has 13 heavy (non-hydrogen) atoms. The Hall–Kier alpha value is -0.820. The van der Waals surface area contributed by atoms with E-state index in [-0.39, 0.29) is 11.5 Å². The Kier molecular flexibility index (Phi) is 2.12. The quantitative estimate of drug-likeness (QED) is 0.697. The van der Waals surface area contributed by atoms with Crippen LogP contribution in [0, 0.1) is 0 Å². The second kappa shape index (κ2) is 3.15. The number of benzene rings is 1. The van der Waals surface area contributed by atoms with E-state index < -0.39 is 0 Å². The van der Waals surface area contributed by atoms with Crippen molar-refractivity contribution in [3.05, 3.63) is 35.9 Å². The molecule has 0 aliphatic heterocycles. The first-order valence-corrected chi connectivity index (χ1v) is 4.97. The number of rotatable bonds is 1. The Morgan fingerprint density at radius 2 is 2.00 bits per heavy atom. The molecule has 1 fully saturated rings. The molecule has 1 aliphatic carbocycles. The lowest BCUT2D eigenvalue weighted by molar-refractivity contribution is 0.116. The molecule has 0 radical (unpaired) electrons. The second-order valence-electron chi connectivity index (χ2n) is 4.19. The summed E-state index contributed by atoms with van der Waals surface area (Å²) in [5.74, 6) is 0. The van der Waals surface area contributed by atoms with Gasteiger partial charge in [-0.25, -0.2) is 0 Å². The highest BCUT2D eigenvalue weighted by molar-refractivity contribution is 5.27. The first kappa shape index (κ1) is 8.76. The minimum absolute atomic E-state index is 0.00125. The number of aliphatic hydroxyl groups excluding tert-OH is 1. The van der Waals surface area contributed by atoms with Gasteiger partial charge < -0.3 is 5.11 Å². The Morgan fingerprint density at radius 1 is 1.31 bits per heavy atom. The maximum Gasteiger partial charge on any atom is 0.0634 e. The molecule has 2 rings (SSSR count). The van der Waals surface area contributed by atoms with Crippen LogP contribution in [0.3, 0.4) is 0 Å². The highest BCUT2D eigenvalue weighted by Gasteiger charge is 2.38. The van der Waals surface area contributed by atoms with Gasteiger partial charge in [-0.3, -0.25) is 0 Å². The van der Waals surface area contributed by atoms with Gasteiger partial charge in [0.15, 0.2) is 0 Å². The molecule has 2 unspecified atom stereocenters. The smallest absolute Gasteiger partial charge is 0.0634 e. The molecular weight excluding hydrogens is 160 g/mol. The minimum Gasteiger partial charge on any atom is -0.392 e. The Labute approximate surface area is 79.4 Å². The third-order valence-corrected chi connectivity index (χ3v) is 3.34. The lowest BCUT2D eigenvalue weighted by Gasteiger charge is -2.28. The molecule has 0 saturated heterocycles. The van der Waals surface area contributed by atoms with Gasteiger partial charge in [-0.05, 0) is 24.8 Å². The van der Waals surface area contributed by atoms with Crippen molar-refractivity contribution in [2.75, 3.05) is 0 Å². The van der Waals surface area contributed by atoms with Crippen molar-refractivity contribution in [2.45, 2.75) is 37.7 Å². The van der Waals surface area contributed by atoms with Gasteiger partial charge in [0.25, 0.3) is 0 Å². The summed E-state index contributed by atoms with van der Waals surface area (Å²) >= 11 is 0. The molecule has 2 atom stereocenters. The van der Waals surface area contributed by atoms with Crippen molar-refractivity contribution >= 4 is 0 Å².